The van der Waals surface area contributed by atoms with Gasteiger partial charge in [0, 0.05) is 11.6 Å². The van der Waals surface area contributed by atoms with E-state index in [9.17, 15) is 0 Å². The first kappa shape index (κ1) is 23.5. The first-order valence-corrected chi connectivity index (χ1v) is 9.11. The minimum atomic E-state index is 0.132. The Hall–Kier alpha value is -2.54. The fourth-order valence-corrected chi connectivity index (χ4v) is 2.08. The minimum absolute atomic E-state index is 0.132. The molecule has 1 aromatic rings. The van der Waals surface area contributed by atoms with Crippen LogP contribution in [0.1, 0.15) is 51.2 Å². The predicted molar refractivity (Wildman–Crippen MR) is 120 cm³/mol. The first-order valence-electron chi connectivity index (χ1n) is 9.11. The smallest absolute Gasteiger partial charge is 0.0207 e. The monoisotopic (exact) mass is 349 g/mol. The Morgan fingerprint density at radius 3 is 2.15 bits per heavy atom. The molecule has 0 spiro atoms. The molecular weight excluding hydrogens is 314 g/mol. The first-order chi connectivity index (χ1) is 12.3. The lowest BCUT2D eigenvalue weighted by atomic mass is 9.93. The molecule has 0 fully saturated rings. The fraction of sp³-hybridized carbons (Fsp3) is 0.280. The van der Waals surface area contributed by atoms with Crippen LogP contribution in [-0.4, -0.2) is 0 Å². The van der Waals surface area contributed by atoms with Crippen LogP contribution in [-0.2, 0) is 0 Å². The third-order valence-electron chi connectivity index (χ3n) is 4.49. The Morgan fingerprint density at radius 2 is 1.73 bits per heavy atom. The molecule has 0 aliphatic heterocycles. The van der Waals surface area contributed by atoms with Gasteiger partial charge in [0.1, 0.15) is 0 Å². The molecule has 0 aliphatic carbocycles. The number of hydrogen-bond acceptors (Lipinski definition) is 1. The molecule has 1 rings (SSSR count). The Morgan fingerprint density at radius 1 is 1.12 bits per heavy atom. The molecule has 140 valence electrons. The molecule has 0 amide bonds. The molecule has 0 radical (unpaired) electrons. The molecule has 0 heterocycles. The average Bonchev–Trinajstić information content (AvgIpc) is 2.67. The van der Waals surface area contributed by atoms with Gasteiger partial charge in [-0.15, -0.1) is 6.58 Å². The summed E-state index contributed by atoms with van der Waals surface area (Å²) < 4.78 is 0. The van der Waals surface area contributed by atoms with Crippen LogP contribution in [0.5, 0.6) is 0 Å². The van der Waals surface area contributed by atoms with E-state index in [1.807, 2.05) is 37.3 Å². The highest BCUT2D eigenvalue weighted by Gasteiger charge is 2.09. The van der Waals surface area contributed by atoms with Gasteiger partial charge in [-0.25, -0.2) is 0 Å². The summed E-state index contributed by atoms with van der Waals surface area (Å²) in [7, 11) is 0. The summed E-state index contributed by atoms with van der Waals surface area (Å²) in [5, 5.41) is 0. The van der Waals surface area contributed by atoms with Crippen LogP contribution in [0, 0.1) is 5.92 Å². The van der Waals surface area contributed by atoms with E-state index in [0.29, 0.717) is 11.6 Å². The zero-order valence-corrected chi connectivity index (χ0v) is 17.0. The van der Waals surface area contributed by atoms with Crippen molar-refractivity contribution >= 4 is 6.08 Å². The summed E-state index contributed by atoms with van der Waals surface area (Å²) in [5.74, 6) is 0.831. The molecule has 1 nitrogen and oxygen atoms in total. The predicted octanol–water partition coefficient (Wildman–Crippen LogP) is 7.18. The molecule has 2 unspecified atom stereocenters. The molecule has 2 atom stereocenters. The second-order valence-electron chi connectivity index (χ2n) is 6.43. The second kappa shape index (κ2) is 12.8. The third kappa shape index (κ3) is 8.02. The van der Waals surface area contributed by atoms with Crippen molar-refractivity contribution in [2.75, 3.05) is 0 Å². The molecule has 0 saturated carbocycles. The van der Waals surface area contributed by atoms with Gasteiger partial charge in [0.15, 0.2) is 0 Å². The second-order valence-corrected chi connectivity index (χ2v) is 6.43. The molecule has 1 aromatic carbocycles. The summed E-state index contributed by atoms with van der Waals surface area (Å²) in [6.07, 6.45) is 11.0. The van der Waals surface area contributed by atoms with Gasteiger partial charge in [0.2, 0.25) is 0 Å². The normalized spacial score (nSPS) is 13.7. The van der Waals surface area contributed by atoms with Gasteiger partial charge in [-0.3, -0.25) is 0 Å². The third-order valence-corrected chi connectivity index (χ3v) is 4.49. The highest BCUT2D eigenvalue weighted by Crippen LogP contribution is 2.25. The molecule has 26 heavy (non-hydrogen) atoms. The standard InChI is InChI=1S/C19H23N.C6H12/c1-6-14(3)17(7-2)12-13-18-10-8-9-11-19(18)15(4)16(5)20;1-4-6(3)5-2/h6-13,15H,1-2,5,20H2,3-4H3;4,6H,1,5H2,2-3H3/b13-12-,17-14+;. The van der Waals surface area contributed by atoms with Crippen molar-refractivity contribution in [1.29, 1.82) is 0 Å². The zero-order chi connectivity index (χ0) is 20.1. The lowest BCUT2D eigenvalue weighted by molar-refractivity contribution is 0.700. The summed E-state index contributed by atoms with van der Waals surface area (Å²) in [5.41, 5.74) is 11.0. The van der Waals surface area contributed by atoms with E-state index in [-0.39, 0.29) is 5.92 Å². The molecule has 0 bridgehead atoms. The van der Waals surface area contributed by atoms with E-state index in [0.717, 1.165) is 16.7 Å². The molecule has 0 saturated heterocycles. The van der Waals surface area contributed by atoms with E-state index in [1.165, 1.54) is 12.0 Å². The summed E-state index contributed by atoms with van der Waals surface area (Å²) in [6.45, 7) is 23.5. The van der Waals surface area contributed by atoms with Gasteiger partial charge in [-0.05, 0) is 35.1 Å². The maximum Gasteiger partial charge on any atom is 0.0207 e. The summed E-state index contributed by atoms with van der Waals surface area (Å²) >= 11 is 0. The zero-order valence-electron chi connectivity index (χ0n) is 17.0. The van der Waals surface area contributed by atoms with E-state index >= 15 is 0 Å². The molecule has 1 heteroatoms. The highest BCUT2D eigenvalue weighted by atomic mass is 14.6. The van der Waals surface area contributed by atoms with Crippen LogP contribution in [0.3, 0.4) is 0 Å². The molecule has 2 N–H and O–H groups in total. The van der Waals surface area contributed by atoms with E-state index < -0.39 is 0 Å². The highest BCUT2D eigenvalue weighted by molar-refractivity contribution is 5.60. The van der Waals surface area contributed by atoms with Crippen LogP contribution in [0.15, 0.2) is 91.7 Å². The lowest BCUT2D eigenvalue weighted by Crippen LogP contribution is -2.06. The number of allylic oxidation sites excluding steroid dienone is 7. The maximum absolute atomic E-state index is 5.83. The molecule has 0 aromatic heterocycles. The van der Waals surface area contributed by atoms with Gasteiger partial charge >= 0.3 is 0 Å². The van der Waals surface area contributed by atoms with E-state index in [2.05, 4.69) is 71.4 Å². The fourth-order valence-electron chi connectivity index (χ4n) is 2.08. The Bertz CT molecular complexity index is 673. The van der Waals surface area contributed by atoms with Crippen LogP contribution >= 0.6 is 0 Å². The Kier molecular flexibility index (Phi) is 11.5. The van der Waals surface area contributed by atoms with Gasteiger partial charge in [-0.2, -0.15) is 0 Å². The van der Waals surface area contributed by atoms with Gasteiger partial charge in [-0.1, -0.05) is 102 Å². The number of rotatable bonds is 8. The quantitative estimate of drug-likeness (QED) is 0.390. The van der Waals surface area contributed by atoms with Crippen molar-refractivity contribution < 1.29 is 0 Å². The lowest BCUT2D eigenvalue weighted by Gasteiger charge is -2.14. The maximum atomic E-state index is 5.83. The van der Waals surface area contributed by atoms with Crippen LogP contribution in [0.4, 0.5) is 0 Å². The molecular formula is C25H35N. The van der Waals surface area contributed by atoms with Crippen molar-refractivity contribution in [2.24, 2.45) is 11.7 Å². The Balaban J connectivity index is 0.000000896. The number of nitrogens with two attached hydrogens (primary N) is 1. The van der Waals surface area contributed by atoms with Gasteiger partial charge in [0.25, 0.3) is 0 Å². The van der Waals surface area contributed by atoms with Crippen molar-refractivity contribution in [3.63, 3.8) is 0 Å². The van der Waals surface area contributed by atoms with Crippen LogP contribution in [0.2, 0.25) is 0 Å². The van der Waals surface area contributed by atoms with Gasteiger partial charge < -0.3 is 5.73 Å². The number of benzene rings is 1. The molecule has 0 aliphatic rings. The minimum Gasteiger partial charge on any atom is -0.402 e. The average molecular weight is 350 g/mol. The summed E-state index contributed by atoms with van der Waals surface area (Å²) in [4.78, 5) is 0. The Labute approximate surface area is 161 Å². The van der Waals surface area contributed by atoms with Gasteiger partial charge in [0.05, 0.1) is 0 Å². The van der Waals surface area contributed by atoms with Crippen molar-refractivity contribution in [3.8, 4) is 0 Å². The summed E-state index contributed by atoms with van der Waals surface area (Å²) in [6, 6.07) is 8.20. The van der Waals surface area contributed by atoms with Crippen molar-refractivity contribution in [1.82, 2.24) is 0 Å². The van der Waals surface area contributed by atoms with E-state index in [1.54, 1.807) is 0 Å². The number of hydrogen-bond donors (Lipinski definition) is 1. The van der Waals surface area contributed by atoms with Crippen molar-refractivity contribution in [3.05, 3.63) is 103 Å². The van der Waals surface area contributed by atoms with Crippen molar-refractivity contribution in [2.45, 2.75) is 40.0 Å². The SMILES string of the molecule is C=C/C(C)=C(C=C)/C=C\c1ccccc1C(C)C(=C)N.C=CC(C)CC. The van der Waals surface area contributed by atoms with Crippen LogP contribution < -0.4 is 5.73 Å². The van der Waals surface area contributed by atoms with Crippen LogP contribution in [0.25, 0.3) is 6.08 Å². The van der Waals surface area contributed by atoms with E-state index in [4.69, 9.17) is 5.73 Å². The largest absolute Gasteiger partial charge is 0.402 e. The topological polar surface area (TPSA) is 26.0 Å².